The van der Waals surface area contributed by atoms with Gasteiger partial charge < -0.3 is 14.8 Å². The highest BCUT2D eigenvalue weighted by Crippen LogP contribution is 2.36. The van der Waals surface area contributed by atoms with Gasteiger partial charge >= 0.3 is 0 Å². The molecular weight excluding hydrogens is 490 g/mol. The van der Waals surface area contributed by atoms with Crippen LogP contribution >= 0.6 is 27.5 Å². The molecule has 0 saturated carbocycles. The molecule has 0 bridgehead atoms. The van der Waals surface area contributed by atoms with Gasteiger partial charge in [0, 0.05) is 16.6 Å². The van der Waals surface area contributed by atoms with Gasteiger partial charge in [-0.3, -0.25) is 14.9 Å². The van der Waals surface area contributed by atoms with Gasteiger partial charge in [0.05, 0.1) is 28.3 Å². The van der Waals surface area contributed by atoms with Crippen molar-refractivity contribution in [2.75, 3.05) is 11.9 Å². The van der Waals surface area contributed by atoms with E-state index in [9.17, 15) is 20.2 Å². The maximum absolute atomic E-state index is 12.6. The molecule has 8 nitrogen and oxygen atoms in total. The number of nitrogens with zero attached hydrogens (tertiary/aromatic N) is 2. The lowest BCUT2D eigenvalue weighted by Gasteiger charge is -2.16. The molecule has 1 N–H and O–H groups in total. The van der Waals surface area contributed by atoms with Crippen LogP contribution in [-0.4, -0.2) is 23.5 Å². The van der Waals surface area contributed by atoms with Crippen LogP contribution in [0.5, 0.6) is 11.5 Å². The third kappa shape index (κ3) is 6.44. The van der Waals surface area contributed by atoms with Gasteiger partial charge in [0.25, 0.3) is 11.6 Å². The number of amides is 1. The second-order valence-corrected chi connectivity index (χ2v) is 7.73. The lowest BCUT2D eigenvalue weighted by Crippen LogP contribution is -2.14. The first-order valence-corrected chi connectivity index (χ1v) is 10.3. The first-order chi connectivity index (χ1) is 14.7. The van der Waals surface area contributed by atoms with Crippen molar-refractivity contribution in [1.29, 1.82) is 5.26 Å². The Morgan fingerprint density at radius 1 is 1.35 bits per heavy atom. The fraction of sp³-hybridized carbons (Fsp3) is 0.238. The Hall–Kier alpha value is -3.09. The third-order valence-corrected chi connectivity index (χ3v) is 4.82. The van der Waals surface area contributed by atoms with Gasteiger partial charge in [0.2, 0.25) is 0 Å². The lowest BCUT2D eigenvalue weighted by atomic mass is 10.1. The van der Waals surface area contributed by atoms with Gasteiger partial charge in [0.15, 0.2) is 11.5 Å². The number of non-ortho nitro benzene ring substituents is 1. The Balaban J connectivity index is 2.40. The van der Waals surface area contributed by atoms with Crippen molar-refractivity contribution in [3.8, 4) is 17.6 Å². The van der Waals surface area contributed by atoms with Crippen molar-refractivity contribution in [1.82, 2.24) is 0 Å². The van der Waals surface area contributed by atoms with Crippen LogP contribution in [0, 0.1) is 21.4 Å². The molecule has 0 spiro atoms. The molecule has 10 heteroatoms. The van der Waals surface area contributed by atoms with Crippen LogP contribution in [0.1, 0.15) is 26.3 Å². The number of nitrogens with one attached hydrogen (secondary N) is 1. The van der Waals surface area contributed by atoms with E-state index in [-0.39, 0.29) is 28.1 Å². The number of nitro groups is 1. The van der Waals surface area contributed by atoms with Crippen LogP contribution in [0.4, 0.5) is 11.4 Å². The number of carbonyl (C=O) groups is 1. The Labute approximate surface area is 192 Å². The fourth-order valence-electron chi connectivity index (χ4n) is 2.49. The summed E-state index contributed by atoms with van der Waals surface area (Å²) in [5, 5.41) is 23.0. The molecule has 2 aromatic rings. The van der Waals surface area contributed by atoms with Gasteiger partial charge in [-0.05, 0) is 50.6 Å². The van der Waals surface area contributed by atoms with Gasteiger partial charge in [0.1, 0.15) is 11.6 Å². The summed E-state index contributed by atoms with van der Waals surface area (Å²) in [5.74, 6) is 0.217. The largest absolute Gasteiger partial charge is 0.490 e. The van der Waals surface area contributed by atoms with Crippen LogP contribution in [0.2, 0.25) is 5.02 Å². The van der Waals surface area contributed by atoms with Gasteiger partial charge in [-0.2, -0.15) is 5.26 Å². The number of ether oxygens (including phenoxy) is 2. The molecule has 0 aliphatic rings. The Bertz CT molecular complexity index is 1080. The maximum atomic E-state index is 12.6. The van der Waals surface area contributed by atoms with Crippen molar-refractivity contribution in [3.05, 3.63) is 61.1 Å². The van der Waals surface area contributed by atoms with E-state index in [1.54, 1.807) is 12.1 Å². The summed E-state index contributed by atoms with van der Waals surface area (Å²) in [6.07, 6.45) is 1.29. The first kappa shape index (κ1) is 24.2. The van der Waals surface area contributed by atoms with Crippen LogP contribution in [0.3, 0.4) is 0 Å². The quantitative estimate of drug-likeness (QED) is 0.210. The highest BCUT2D eigenvalue weighted by atomic mass is 79.9. The van der Waals surface area contributed by atoms with E-state index in [0.29, 0.717) is 28.1 Å². The topological polar surface area (TPSA) is 114 Å². The number of anilines is 1. The van der Waals surface area contributed by atoms with E-state index in [2.05, 4.69) is 21.2 Å². The molecule has 0 radical (unpaired) electrons. The van der Waals surface area contributed by atoms with Crippen LogP contribution in [-0.2, 0) is 4.79 Å². The van der Waals surface area contributed by atoms with E-state index in [1.807, 2.05) is 26.8 Å². The molecule has 0 saturated heterocycles. The van der Waals surface area contributed by atoms with E-state index in [1.165, 1.54) is 18.2 Å². The average molecular weight is 509 g/mol. The normalized spacial score (nSPS) is 11.1. The summed E-state index contributed by atoms with van der Waals surface area (Å²) in [5.41, 5.74) is 0.0587. The zero-order chi connectivity index (χ0) is 23.1. The van der Waals surface area contributed by atoms with Gasteiger partial charge in [-0.25, -0.2) is 0 Å². The molecule has 0 heterocycles. The number of hydrogen-bond acceptors (Lipinski definition) is 6. The number of hydrogen-bond donors (Lipinski definition) is 1. The van der Waals surface area contributed by atoms with Gasteiger partial charge in [-0.1, -0.05) is 27.5 Å². The zero-order valence-electron chi connectivity index (χ0n) is 16.9. The summed E-state index contributed by atoms with van der Waals surface area (Å²) >= 11 is 9.43. The van der Waals surface area contributed by atoms with Gasteiger partial charge in [-0.15, -0.1) is 0 Å². The van der Waals surface area contributed by atoms with E-state index in [0.717, 1.165) is 6.07 Å². The monoisotopic (exact) mass is 507 g/mol. The minimum atomic E-state index is -0.766. The summed E-state index contributed by atoms with van der Waals surface area (Å²) in [6, 6.07) is 8.81. The van der Waals surface area contributed by atoms with Crippen molar-refractivity contribution >= 4 is 50.9 Å². The van der Waals surface area contributed by atoms with Crippen molar-refractivity contribution in [3.63, 3.8) is 0 Å². The molecule has 162 valence electrons. The Morgan fingerprint density at radius 2 is 2.06 bits per heavy atom. The first-order valence-electron chi connectivity index (χ1n) is 9.16. The highest BCUT2D eigenvalue weighted by molar-refractivity contribution is 9.10. The maximum Gasteiger partial charge on any atom is 0.271 e. The molecule has 0 fully saturated rings. The molecule has 31 heavy (non-hydrogen) atoms. The van der Waals surface area contributed by atoms with Crippen molar-refractivity contribution < 1.29 is 19.2 Å². The second kappa shape index (κ2) is 10.8. The second-order valence-electron chi connectivity index (χ2n) is 6.47. The zero-order valence-corrected chi connectivity index (χ0v) is 19.3. The summed E-state index contributed by atoms with van der Waals surface area (Å²) in [4.78, 5) is 23.0. The standard InChI is InChI=1S/C21H19BrClN3O5/c1-4-30-19-8-13(16(22)10-20(19)31-12(2)3)7-14(11-24)21(27)25-18-9-15(26(28)29)5-6-17(18)23/h5-10,12H,4H2,1-3H3,(H,25,27). The van der Waals surface area contributed by atoms with Crippen molar-refractivity contribution in [2.45, 2.75) is 26.9 Å². The number of nitro benzene ring substituents is 1. The number of rotatable bonds is 8. The summed E-state index contributed by atoms with van der Waals surface area (Å²) < 4.78 is 11.9. The molecular formula is C21H19BrClN3O5. The molecule has 0 aromatic heterocycles. The Kier molecular flexibility index (Phi) is 8.42. The van der Waals surface area contributed by atoms with Crippen molar-refractivity contribution in [2.24, 2.45) is 0 Å². The number of benzene rings is 2. The smallest absolute Gasteiger partial charge is 0.271 e. The Morgan fingerprint density at radius 3 is 2.65 bits per heavy atom. The molecule has 2 rings (SSSR count). The average Bonchev–Trinajstić information content (AvgIpc) is 2.70. The lowest BCUT2D eigenvalue weighted by molar-refractivity contribution is -0.384. The summed E-state index contributed by atoms with van der Waals surface area (Å²) in [6.45, 7) is 5.99. The fourth-order valence-corrected chi connectivity index (χ4v) is 3.09. The molecule has 0 atom stereocenters. The minimum Gasteiger partial charge on any atom is -0.490 e. The number of nitriles is 1. The highest BCUT2D eigenvalue weighted by Gasteiger charge is 2.17. The van der Waals surface area contributed by atoms with Crippen LogP contribution < -0.4 is 14.8 Å². The molecule has 1 amide bonds. The molecule has 0 aliphatic heterocycles. The predicted molar refractivity (Wildman–Crippen MR) is 121 cm³/mol. The number of halogens is 2. The van der Waals surface area contributed by atoms with E-state index < -0.39 is 10.8 Å². The molecule has 2 aromatic carbocycles. The minimum absolute atomic E-state index is 0.0248. The predicted octanol–water partition coefficient (Wildman–Crippen LogP) is 5.74. The van der Waals surface area contributed by atoms with E-state index in [4.69, 9.17) is 21.1 Å². The molecule has 0 aliphatic carbocycles. The SMILES string of the molecule is CCOc1cc(C=C(C#N)C(=O)Nc2cc([N+](=O)[O-])ccc2Cl)c(Br)cc1OC(C)C. The third-order valence-electron chi connectivity index (χ3n) is 3.80. The molecule has 0 unspecified atom stereocenters. The van der Waals surface area contributed by atoms with Crippen LogP contribution in [0.15, 0.2) is 40.4 Å². The van der Waals surface area contributed by atoms with E-state index >= 15 is 0 Å². The van der Waals surface area contributed by atoms with Crippen LogP contribution in [0.25, 0.3) is 6.08 Å². The summed E-state index contributed by atoms with van der Waals surface area (Å²) in [7, 11) is 0. The number of carbonyl (C=O) groups excluding carboxylic acids is 1.